The molecule has 0 fully saturated rings. The van der Waals surface area contributed by atoms with Crippen LogP contribution < -0.4 is 5.73 Å². The van der Waals surface area contributed by atoms with Gasteiger partial charge in [0, 0.05) is 12.5 Å². The molecule has 18 heavy (non-hydrogen) atoms. The van der Waals surface area contributed by atoms with Gasteiger partial charge in [0.25, 0.3) is 0 Å². The molecule has 0 saturated heterocycles. The molecular formula is C10H10ClF6N. The molecule has 0 bridgehead atoms. The Bertz CT molecular complexity index is 392. The van der Waals surface area contributed by atoms with Gasteiger partial charge in [-0.2, -0.15) is 13.2 Å². The highest BCUT2D eigenvalue weighted by atomic mass is 35.5. The number of benzene rings is 1. The summed E-state index contributed by atoms with van der Waals surface area (Å²) in [5, 5.41) is 0. The summed E-state index contributed by atoms with van der Waals surface area (Å²) in [6.45, 7) is 0. The third-order valence-corrected chi connectivity index (χ3v) is 2.11. The Balaban J connectivity index is 0.00000289. The van der Waals surface area contributed by atoms with Crippen molar-refractivity contribution in [1.29, 1.82) is 0 Å². The first kappa shape index (κ1) is 17.1. The quantitative estimate of drug-likeness (QED) is 0.840. The Morgan fingerprint density at radius 2 is 1.67 bits per heavy atom. The molecule has 1 atom stereocenters. The predicted octanol–water partition coefficient (Wildman–Crippen LogP) is 3.92. The molecule has 1 nitrogen and oxygen atoms in total. The Kier molecular flexibility index (Phi) is 5.95. The van der Waals surface area contributed by atoms with Gasteiger partial charge in [0.15, 0.2) is 0 Å². The lowest BCUT2D eigenvalue weighted by molar-refractivity contribution is -0.137. The first-order chi connectivity index (χ1) is 7.70. The van der Waals surface area contributed by atoms with Crippen LogP contribution in [0.2, 0.25) is 0 Å². The third-order valence-electron chi connectivity index (χ3n) is 2.11. The van der Waals surface area contributed by atoms with E-state index in [1.54, 1.807) is 0 Å². The maximum atomic E-state index is 12.9. The van der Waals surface area contributed by atoms with Crippen LogP contribution in [0.5, 0.6) is 0 Å². The van der Waals surface area contributed by atoms with E-state index in [1.807, 2.05) is 0 Å². The van der Waals surface area contributed by atoms with Crippen molar-refractivity contribution in [3.05, 3.63) is 35.1 Å². The fourth-order valence-corrected chi connectivity index (χ4v) is 1.32. The molecule has 0 aromatic heterocycles. The van der Waals surface area contributed by atoms with E-state index < -0.39 is 36.4 Å². The fraction of sp³-hybridized carbons (Fsp3) is 0.400. The number of alkyl halides is 5. The van der Waals surface area contributed by atoms with Crippen LogP contribution in [0.25, 0.3) is 0 Å². The molecule has 1 aromatic carbocycles. The summed E-state index contributed by atoms with van der Waals surface area (Å²) in [5.74, 6) is -1.15. The van der Waals surface area contributed by atoms with E-state index in [-0.39, 0.29) is 18.0 Å². The zero-order chi connectivity index (χ0) is 13.2. The normalized spacial score (nSPS) is 13.3. The van der Waals surface area contributed by atoms with Gasteiger partial charge in [0.2, 0.25) is 6.43 Å². The first-order valence-electron chi connectivity index (χ1n) is 4.61. The molecule has 1 rings (SSSR count). The van der Waals surface area contributed by atoms with Crippen LogP contribution in [0, 0.1) is 5.82 Å². The minimum Gasteiger partial charge on any atom is -0.324 e. The van der Waals surface area contributed by atoms with E-state index in [0.717, 1.165) is 6.07 Å². The second kappa shape index (κ2) is 6.29. The molecule has 104 valence electrons. The molecule has 0 aliphatic carbocycles. The lowest BCUT2D eigenvalue weighted by Gasteiger charge is -2.14. The van der Waals surface area contributed by atoms with Crippen molar-refractivity contribution in [2.24, 2.45) is 5.73 Å². The molecule has 0 aliphatic heterocycles. The van der Waals surface area contributed by atoms with Gasteiger partial charge in [-0.15, -0.1) is 12.4 Å². The van der Waals surface area contributed by atoms with Crippen LogP contribution in [-0.4, -0.2) is 6.43 Å². The van der Waals surface area contributed by atoms with E-state index in [2.05, 4.69) is 0 Å². The van der Waals surface area contributed by atoms with E-state index in [1.165, 1.54) is 0 Å². The summed E-state index contributed by atoms with van der Waals surface area (Å²) in [4.78, 5) is 0. The summed E-state index contributed by atoms with van der Waals surface area (Å²) in [7, 11) is 0. The van der Waals surface area contributed by atoms with Crippen LogP contribution in [0.4, 0.5) is 26.3 Å². The smallest absolute Gasteiger partial charge is 0.324 e. The van der Waals surface area contributed by atoms with Gasteiger partial charge < -0.3 is 5.73 Å². The number of rotatable bonds is 3. The molecule has 0 aliphatic rings. The van der Waals surface area contributed by atoms with Crippen molar-refractivity contribution in [3.63, 3.8) is 0 Å². The third kappa shape index (κ3) is 4.73. The molecule has 0 saturated carbocycles. The van der Waals surface area contributed by atoms with Crippen LogP contribution in [0.1, 0.15) is 23.6 Å². The van der Waals surface area contributed by atoms with Gasteiger partial charge in [0.1, 0.15) is 5.82 Å². The minimum atomic E-state index is -4.73. The van der Waals surface area contributed by atoms with E-state index in [0.29, 0.717) is 12.1 Å². The monoisotopic (exact) mass is 293 g/mol. The Morgan fingerprint density at radius 1 is 1.11 bits per heavy atom. The highest BCUT2D eigenvalue weighted by molar-refractivity contribution is 5.85. The standard InChI is InChI=1S/C10H9F6N.ClH/c11-7-2-5(8(17)4-9(12)13)1-6(3-7)10(14,15)16;/h1-3,8-9H,4,17H2;1H/t8-;/m1./s1. The number of hydrogen-bond donors (Lipinski definition) is 1. The van der Waals surface area contributed by atoms with Crippen molar-refractivity contribution < 1.29 is 26.3 Å². The van der Waals surface area contributed by atoms with Crippen molar-refractivity contribution in [2.45, 2.75) is 25.1 Å². The van der Waals surface area contributed by atoms with Gasteiger partial charge in [-0.1, -0.05) is 0 Å². The largest absolute Gasteiger partial charge is 0.416 e. The number of halogens is 7. The fourth-order valence-electron chi connectivity index (χ4n) is 1.32. The highest BCUT2D eigenvalue weighted by Gasteiger charge is 2.32. The van der Waals surface area contributed by atoms with Gasteiger partial charge in [-0.25, -0.2) is 13.2 Å². The average molecular weight is 294 g/mol. The molecule has 0 unspecified atom stereocenters. The van der Waals surface area contributed by atoms with Crippen LogP contribution >= 0.6 is 12.4 Å². The van der Waals surface area contributed by atoms with Crippen molar-refractivity contribution in [1.82, 2.24) is 0 Å². The molecule has 8 heteroatoms. The van der Waals surface area contributed by atoms with Gasteiger partial charge in [-0.3, -0.25) is 0 Å². The molecule has 0 radical (unpaired) electrons. The van der Waals surface area contributed by atoms with Gasteiger partial charge in [-0.05, 0) is 23.8 Å². The summed E-state index contributed by atoms with van der Waals surface area (Å²) in [6.07, 6.45) is -8.31. The molecule has 0 amide bonds. The first-order valence-corrected chi connectivity index (χ1v) is 4.61. The zero-order valence-electron chi connectivity index (χ0n) is 8.85. The molecule has 2 N–H and O–H groups in total. The predicted molar refractivity (Wildman–Crippen MR) is 56.2 cm³/mol. The number of hydrogen-bond acceptors (Lipinski definition) is 1. The van der Waals surface area contributed by atoms with E-state index in [9.17, 15) is 26.3 Å². The summed E-state index contributed by atoms with van der Waals surface area (Å²) < 4.78 is 73.9. The van der Waals surface area contributed by atoms with Gasteiger partial charge >= 0.3 is 6.18 Å². The topological polar surface area (TPSA) is 26.0 Å². The van der Waals surface area contributed by atoms with Crippen LogP contribution in [-0.2, 0) is 6.18 Å². The van der Waals surface area contributed by atoms with Crippen molar-refractivity contribution in [2.75, 3.05) is 0 Å². The lowest BCUT2D eigenvalue weighted by atomic mass is 10.0. The molecule has 0 spiro atoms. The maximum Gasteiger partial charge on any atom is 0.416 e. The molecule has 1 aromatic rings. The minimum absolute atomic E-state index is 0. The average Bonchev–Trinajstić information content (AvgIpc) is 2.14. The highest BCUT2D eigenvalue weighted by Crippen LogP contribution is 2.32. The Hall–Kier alpha value is -0.950. The second-order valence-corrected chi connectivity index (χ2v) is 3.50. The van der Waals surface area contributed by atoms with E-state index >= 15 is 0 Å². The number of nitrogens with two attached hydrogens (primary N) is 1. The van der Waals surface area contributed by atoms with Crippen LogP contribution in [0.3, 0.4) is 0 Å². The summed E-state index contributed by atoms with van der Waals surface area (Å²) in [6, 6.07) is 0.267. The van der Waals surface area contributed by atoms with E-state index in [4.69, 9.17) is 5.73 Å². The summed E-state index contributed by atoms with van der Waals surface area (Å²) >= 11 is 0. The second-order valence-electron chi connectivity index (χ2n) is 3.50. The lowest BCUT2D eigenvalue weighted by Crippen LogP contribution is -2.16. The van der Waals surface area contributed by atoms with Crippen molar-refractivity contribution >= 4 is 12.4 Å². The zero-order valence-corrected chi connectivity index (χ0v) is 9.66. The van der Waals surface area contributed by atoms with Crippen LogP contribution in [0.15, 0.2) is 18.2 Å². The van der Waals surface area contributed by atoms with Crippen molar-refractivity contribution in [3.8, 4) is 0 Å². The SMILES string of the molecule is Cl.N[C@H](CC(F)F)c1cc(F)cc(C(F)(F)F)c1. The Labute approximate surface area is 105 Å². The molecule has 0 heterocycles. The molecular weight excluding hydrogens is 284 g/mol. The summed E-state index contributed by atoms with van der Waals surface area (Å²) in [5.41, 5.74) is 3.73. The Morgan fingerprint density at radius 3 is 2.11 bits per heavy atom. The van der Waals surface area contributed by atoms with Gasteiger partial charge in [0.05, 0.1) is 5.56 Å². The maximum absolute atomic E-state index is 12.9.